The molecule has 0 saturated carbocycles. The number of aromatic nitrogens is 2. The number of nitrogens with zero attached hydrogens (tertiary/aromatic N) is 2. The summed E-state index contributed by atoms with van der Waals surface area (Å²) >= 11 is 4.80. The zero-order chi connectivity index (χ0) is 11.7. The van der Waals surface area contributed by atoms with Crippen LogP contribution in [0.5, 0.6) is 0 Å². The first-order chi connectivity index (χ1) is 7.59. The van der Waals surface area contributed by atoms with Crippen molar-refractivity contribution < 1.29 is 0 Å². The van der Waals surface area contributed by atoms with E-state index in [-0.39, 0.29) is 17.6 Å². The Morgan fingerprint density at radius 2 is 2.29 bits per heavy atom. The number of hydrogen-bond donors (Lipinski definition) is 2. The van der Waals surface area contributed by atoms with Crippen LogP contribution in [-0.4, -0.2) is 14.6 Å². The first kappa shape index (κ1) is 14.3. The van der Waals surface area contributed by atoms with E-state index in [4.69, 9.17) is 11.1 Å². The lowest BCUT2D eigenvalue weighted by Crippen LogP contribution is -2.04. The largest absolute Gasteiger partial charge is 0.379 e. The molecule has 0 aliphatic heterocycles. The lowest BCUT2D eigenvalue weighted by atomic mass is 10.4. The molecule has 3 N–H and O–H groups in total. The summed E-state index contributed by atoms with van der Waals surface area (Å²) in [6.07, 6.45) is 0. The van der Waals surface area contributed by atoms with Gasteiger partial charge >= 0.3 is 0 Å². The number of pyridine rings is 1. The number of halogens is 2. The number of thioether (sulfide) groups is 1. The molecule has 0 atom stereocenters. The standard InChI is InChI=1S/C10H11BrN4S.ClH/c1-6-3-2-4-8-14-7(5-16-10(12)13)9(11)15(6)8;/h2-4H,5H2,1H3,(H3,12,13);1H. The predicted octanol–water partition coefficient (Wildman–Crippen LogP) is 2.95. The van der Waals surface area contributed by atoms with Gasteiger partial charge in [0.25, 0.3) is 0 Å². The number of rotatable bonds is 2. The van der Waals surface area contributed by atoms with Gasteiger partial charge < -0.3 is 5.73 Å². The summed E-state index contributed by atoms with van der Waals surface area (Å²) in [5.74, 6) is 0.608. The molecule has 2 aromatic rings. The quantitative estimate of drug-likeness (QED) is 0.655. The molecular weight excluding hydrogens is 324 g/mol. The van der Waals surface area contributed by atoms with E-state index in [0.29, 0.717) is 5.75 Å². The van der Waals surface area contributed by atoms with Gasteiger partial charge in [-0.3, -0.25) is 9.81 Å². The van der Waals surface area contributed by atoms with E-state index in [1.807, 2.05) is 29.5 Å². The SMILES string of the molecule is Cc1cccc2nc(CSC(=N)N)c(Br)n12.Cl. The molecule has 0 spiro atoms. The van der Waals surface area contributed by atoms with Crippen molar-refractivity contribution in [1.82, 2.24) is 9.38 Å². The zero-order valence-corrected chi connectivity index (χ0v) is 12.3. The maximum atomic E-state index is 7.18. The van der Waals surface area contributed by atoms with Crippen molar-refractivity contribution >= 4 is 50.9 Å². The lowest BCUT2D eigenvalue weighted by Gasteiger charge is -2.00. The number of hydrogen-bond acceptors (Lipinski definition) is 3. The first-order valence-electron chi connectivity index (χ1n) is 4.69. The maximum absolute atomic E-state index is 7.18. The Hall–Kier alpha value is -0.720. The minimum atomic E-state index is 0. The van der Waals surface area contributed by atoms with Gasteiger partial charge in [-0.15, -0.1) is 12.4 Å². The average Bonchev–Trinajstić information content (AvgIpc) is 2.54. The monoisotopic (exact) mass is 334 g/mol. The van der Waals surface area contributed by atoms with Crippen LogP contribution >= 0.6 is 40.1 Å². The molecule has 7 heteroatoms. The molecule has 17 heavy (non-hydrogen) atoms. The summed E-state index contributed by atoms with van der Waals surface area (Å²) in [6, 6.07) is 5.97. The highest BCUT2D eigenvalue weighted by Crippen LogP contribution is 2.24. The third-order valence-electron chi connectivity index (χ3n) is 2.21. The van der Waals surface area contributed by atoms with Crippen molar-refractivity contribution in [2.24, 2.45) is 5.73 Å². The van der Waals surface area contributed by atoms with Crippen molar-refractivity contribution in [2.75, 3.05) is 0 Å². The Morgan fingerprint density at radius 3 is 2.88 bits per heavy atom. The van der Waals surface area contributed by atoms with Crippen molar-refractivity contribution in [1.29, 1.82) is 5.41 Å². The lowest BCUT2D eigenvalue weighted by molar-refractivity contribution is 1.06. The van der Waals surface area contributed by atoms with E-state index < -0.39 is 0 Å². The summed E-state index contributed by atoms with van der Waals surface area (Å²) in [6.45, 7) is 2.03. The van der Waals surface area contributed by atoms with Gasteiger partial charge in [0.05, 0.1) is 5.69 Å². The third kappa shape index (κ3) is 2.94. The van der Waals surface area contributed by atoms with Gasteiger partial charge in [-0.2, -0.15) is 0 Å². The fourth-order valence-electron chi connectivity index (χ4n) is 1.50. The number of amidine groups is 1. The van der Waals surface area contributed by atoms with E-state index in [2.05, 4.69) is 20.9 Å². The Labute approximate surface area is 118 Å². The van der Waals surface area contributed by atoms with Crippen LogP contribution in [0.4, 0.5) is 0 Å². The number of nitrogens with two attached hydrogens (primary N) is 1. The number of imidazole rings is 1. The van der Waals surface area contributed by atoms with E-state index >= 15 is 0 Å². The molecule has 0 aliphatic rings. The summed E-state index contributed by atoms with van der Waals surface area (Å²) in [4.78, 5) is 4.49. The van der Waals surface area contributed by atoms with Gasteiger partial charge in [0.1, 0.15) is 10.3 Å². The van der Waals surface area contributed by atoms with Crippen LogP contribution in [0, 0.1) is 12.3 Å². The van der Waals surface area contributed by atoms with E-state index in [9.17, 15) is 0 Å². The molecule has 92 valence electrons. The van der Waals surface area contributed by atoms with Crippen LogP contribution in [0.25, 0.3) is 5.65 Å². The van der Waals surface area contributed by atoms with Crippen molar-refractivity contribution in [3.63, 3.8) is 0 Å². The normalized spacial score (nSPS) is 10.2. The van der Waals surface area contributed by atoms with Crippen LogP contribution in [0.1, 0.15) is 11.4 Å². The predicted molar refractivity (Wildman–Crippen MR) is 78.1 cm³/mol. The van der Waals surface area contributed by atoms with E-state index in [1.165, 1.54) is 11.8 Å². The second-order valence-electron chi connectivity index (χ2n) is 3.36. The number of fused-ring (bicyclic) bond motifs is 1. The third-order valence-corrected chi connectivity index (χ3v) is 3.75. The van der Waals surface area contributed by atoms with E-state index in [0.717, 1.165) is 21.6 Å². The number of aryl methyl sites for hydroxylation is 1. The molecule has 2 rings (SSSR count). The van der Waals surface area contributed by atoms with Gasteiger partial charge in [0, 0.05) is 11.4 Å². The molecule has 2 aromatic heterocycles. The molecule has 0 amide bonds. The van der Waals surface area contributed by atoms with Crippen LogP contribution < -0.4 is 5.73 Å². The van der Waals surface area contributed by atoms with Gasteiger partial charge in [0.2, 0.25) is 0 Å². The highest BCUT2D eigenvalue weighted by Gasteiger charge is 2.11. The van der Waals surface area contributed by atoms with Gasteiger partial charge in [-0.25, -0.2) is 4.98 Å². The van der Waals surface area contributed by atoms with Crippen molar-refractivity contribution in [3.05, 3.63) is 34.2 Å². The molecule has 0 saturated heterocycles. The minimum Gasteiger partial charge on any atom is -0.379 e. The summed E-state index contributed by atoms with van der Waals surface area (Å²) in [7, 11) is 0. The van der Waals surface area contributed by atoms with Gasteiger partial charge in [0.15, 0.2) is 5.17 Å². The molecular formula is C10H12BrClN4S. The van der Waals surface area contributed by atoms with Crippen LogP contribution in [0.2, 0.25) is 0 Å². The number of nitrogens with one attached hydrogen (secondary N) is 1. The second kappa shape index (κ2) is 5.75. The topological polar surface area (TPSA) is 67.2 Å². The minimum absolute atomic E-state index is 0. The highest BCUT2D eigenvalue weighted by molar-refractivity contribution is 9.10. The van der Waals surface area contributed by atoms with E-state index in [1.54, 1.807) is 0 Å². The summed E-state index contributed by atoms with van der Waals surface area (Å²) < 4.78 is 2.98. The van der Waals surface area contributed by atoms with Crippen molar-refractivity contribution in [2.45, 2.75) is 12.7 Å². The Balaban J connectivity index is 0.00000144. The summed E-state index contributed by atoms with van der Waals surface area (Å²) in [5.41, 5.74) is 8.25. The molecule has 2 heterocycles. The average molecular weight is 336 g/mol. The maximum Gasteiger partial charge on any atom is 0.151 e. The highest BCUT2D eigenvalue weighted by atomic mass is 79.9. The van der Waals surface area contributed by atoms with Crippen LogP contribution in [0.3, 0.4) is 0 Å². The molecule has 0 bridgehead atoms. The van der Waals surface area contributed by atoms with Gasteiger partial charge in [-0.05, 0) is 35.0 Å². The smallest absolute Gasteiger partial charge is 0.151 e. The fraction of sp³-hybridized carbons (Fsp3) is 0.200. The van der Waals surface area contributed by atoms with Crippen LogP contribution in [-0.2, 0) is 5.75 Å². The molecule has 0 aliphatic carbocycles. The summed E-state index contributed by atoms with van der Waals surface area (Å²) in [5, 5.41) is 7.29. The Morgan fingerprint density at radius 1 is 1.59 bits per heavy atom. The fourth-order valence-corrected chi connectivity index (χ4v) is 2.87. The molecule has 0 unspecified atom stereocenters. The first-order valence-corrected chi connectivity index (χ1v) is 6.46. The second-order valence-corrected chi connectivity index (χ2v) is 5.13. The van der Waals surface area contributed by atoms with Crippen LogP contribution in [0.15, 0.2) is 22.8 Å². The molecule has 0 fully saturated rings. The molecule has 4 nitrogen and oxygen atoms in total. The molecule has 0 aromatic carbocycles. The van der Waals surface area contributed by atoms with Gasteiger partial charge in [-0.1, -0.05) is 17.8 Å². The molecule has 0 radical (unpaired) electrons. The zero-order valence-electron chi connectivity index (χ0n) is 9.11. The Kier molecular flexibility index (Phi) is 4.85. The Bertz CT molecular complexity index is 554. The van der Waals surface area contributed by atoms with Crippen molar-refractivity contribution in [3.8, 4) is 0 Å².